The van der Waals surface area contributed by atoms with Crippen LogP contribution in [0.4, 0.5) is 21.9 Å². The van der Waals surface area contributed by atoms with Crippen LogP contribution >= 0.6 is 0 Å². The number of amides is 2. The fraction of sp³-hybridized carbons (Fsp3) is 0.345. The first-order chi connectivity index (χ1) is 17.0. The van der Waals surface area contributed by atoms with E-state index in [1.54, 1.807) is 0 Å². The molecule has 1 heterocycles. The molecule has 1 aliphatic heterocycles. The maximum Gasteiger partial charge on any atom is 0.319 e. The highest BCUT2D eigenvalue weighted by Gasteiger charge is 2.27. The second kappa shape index (κ2) is 11.6. The molecule has 0 aromatic heterocycles. The van der Waals surface area contributed by atoms with Gasteiger partial charge >= 0.3 is 6.03 Å². The Morgan fingerprint density at radius 1 is 1.03 bits per heavy atom. The quantitative estimate of drug-likeness (QED) is 0.363. The Balaban J connectivity index is 1.43. The molecule has 1 aliphatic rings. The standard InChI is InChI=1S/C29H36N4O2/c1-4-5-20-35-26-16-12-24(13-17-26)31-29(34)30-21-28(23-10-14-25(15-11-23)32(2)3)33-19-18-22-8-6-7-9-27(22)33/h6-17,28H,4-5,18-21H2,1-3H3,(H2,30,31,34). The number of unbranched alkanes of at least 4 members (excludes halogenated alkanes) is 1. The second-order valence-electron chi connectivity index (χ2n) is 9.14. The molecule has 2 amide bonds. The van der Waals surface area contributed by atoms with Crippen molar-refractivity contribution in [3.05, 3.63) is 83.9 Å². The summed E-state index contributed by atoms with van der Waals surface area (Å²) >= 11 is 0. The SMILES string of the molecule is CCCCOc1ccc(NC(=O)NCC(c2ccc(N(C)C)cc2)N2CCc3ccccc32)cc1. The Morgan fingerprint density at radius 2 is 1.77 bits per heavy atom. The largest absolute Gasteiger partial charge is 0.494 e. The van der Waals surface area contributed by atoms with Gasteiger partial charge in [0.15, 0.2) is 0 Å². The summed E-state index contributed by atoms with van der Waals surface area (Å²) in [6, 6.07) is 24.5. The zero-order valence-electron chi connectivity index (χ0n) is 21.0. The molecular formula is C29H36N4O2. The molecule has 1 unspecified atom stereocenters. The molecule has 2 N–H and O–H groups in total. The third-order valence-corrected chi connectivity index (χ3v) is 6.43. The number of anilines is 3. The minimum Gasteiger partial charge on any atom is -0.494 e. The maximum absolute atomic E-state index is 12.8. The summed E-state index contributed by atoms with van der Waals surface area (Å²) in [5, 5.41) is 6.04. The van der Waals surface area contributed by atoms with E-state index >= 15 is 0 Å². The van der Waals surface area contributed by atoms with Crippen molar-refractivity contribution in [3.63, 3.8) is 0 Å². The molecule has 0 spiro atoms. The van der Waals surface area contributed by atoms with E-state index in [1.165, 1.54) is 16.8 Å². The summed E-state index contributed by atoms with van der Waals surface area (Å²) in [5.74, 6) is 0.818. The highest BCUT2D eigenvalue weighted by atomic mass is 16.5. The van der Waals surface area contributed by atoms with Crippen LogP contribution in [0.3, 0.4) is 0 Å². The Morgan fingerprint density at radius 3 is 2.49 bits per heavy atom. The number of nitrogens with one attached hydrogen (secondary N) is 2. The number of carbonyl (C=O) groups excluding carboxylic acids is 1. The number of hydrogen-bond acceptors (Lipinski definition) is 4. The Hall–Kier alpha value is -3.67. The number of para-hydroxylation sites is 1. The Kier molecular flexibility index (Phi) is 8.14. The molecule has 4 rings (SSSR count). The molecule has 3 aromatic rings. The molecule has 35 heavy (non-hydrogen) atoms. The van der Waals surface area contributed by atoms with Crippen LogP contribution in [0.1, 0.15) is 36.9 Å². The monoisotopic (exact) mass is 472 g/mol. The lowest BCUT2D eigenvalue weighted by Gasteiger charge is -2.31. The van der Waals surface area contributed by atoms with E-state index in [0.29, 0.717) is 13.2 Å². The van der Waals surface area contributed by atoms with Gasteiger partial charge in [0.05, 0.1) is 12.6 Å². The fourth-order valence-corrected chi connectivity index (χ4v) is 4.42. The predicted octanol–water partition coefficient (Wildman–Crippen LogP) is 5.86. The number of ether oxygens (including phenoxy) is 1. The van der Waals surface area contributed by atoms with E-state index in [4.69, 9.17) is 4.74 Å². The lowest BCUT2D eigenvalue weighted by Crippen LogP contribution is -2.39. The van der Waals surface area contributed by atoms with Gasteiger partial charge in [-0.3, -0.25) is 0 Å². The summed E-state index contributed by atoms with van der Waals surface area (Å²) in [5.41, 5.74) is 5.68. The van der Waals surface area contributed by atoms with Gasteiger partial charge in [0.2, 0.25) is 0 Å². The second-order valence-corrected chi connectivity index (χ2v) is 9.14. The molecule has 1 atom stereocenters. The molecule has 0 radical (unpaired) electrons. The minimum atomic E-state index is -0.216. The van der Waals surface area contributed by atoms with E-state index in [2.05, 4.69) is 75.9 Å². The average molecular weight is 473 g/mol. The maximum atomic E-state index is 12.8. The van der Waals surface area contributed by atoms with Crippen LogP contribution < -0.4 is 25.2 Å². The van der Waals surface area contributed by atoms with Crippen molar-refractivity contribution in [1.82, 2.24) is 5.32 Å². The summed E-state index contributed by atoms with van der Waals surface area (Å²) in [7, 11) is 4.08. The van der Waals surface area contributed by atoms with Crippen molar-refractivity contribution in [2.75, 3.05) is 48.9 Å². The van der Waals surface area contributed by atoms with Gasteiger partial charge in [0, 0.05) is 44.2 Å². The number of hydrogen-bond donors (Lipinski definition) is 2. The third kappa shape index (κ3) is 6.27. The Labute approximate surface area is 208 Å². The number of rotatable bonds is 10. The zero-order chi connectivity index (χ0) is 24.6. The van der Waals surface area contributed by atoms with Crippen molar-refractivity contribution in [3.8, 4) is 5.75 Å². The van der Waals surface area contributed by atoms with E-state index in [0.717, 1.165) is 42.9 Å². The molecular weight excluding hydrogens is 436 g/mol. The van der Waals surface area contributed by atoms with Crippen LogP contribution in [-0.2, 0) is 6.42 Å². The summed E-state index contributed by atoms with van der Waals surface area (Å²) < 4.78 is 5.71. The molecule has 0 fully saturated rings. The van der Waals surface area contributed by atoms with Crippen molar-refractivity contribution in [2.45, 2.75) is 32.2 Å². The van der Waals surface area contributed by atoms with Crippen molar-refractivity contribution in [2.24, 2.45) is 0 Å². The first-order valence-electron chi connectivity index (χ1n) is 12.4. The topological polar surface area (TPSA) is 56.8 Å². The normalized spacial score (nSPS) is 13.2. The molecule has 6 nitrogen and oxygen atoms in total. The fourth-order valence-electron chi connectivity index (χ4n) is 4.42. The Bertz CT molecular complexity index is 1100. The summed E-state index contributed by atoms with van der Waals surface area (Å²) in [4.78, 5) is 17.3. The first-order valence-corrected chi connectivity index (χ1v) is 12.4. The van der Waals surface area contributed by atoms with Crippen LogP contribution in [0.25, 0.3) is 0 Å². The lowest BCUT2D eigenvalue weighted by atomic mass is 10.0. The van der Waals surface area contributed by atoms with Gasteiger partial charge in [-0.15, -0.1) is 0 Å². The minimum absolute atomic E-state index is 0.0370. The molecule has 0 bridgehead atoms. The number of urea groups is 1. The van der Waals surface area contributed by atoms with E-state index in [9.17, 15) is 4.79 Å². The van der Waals surface area contributed by atoms with Crippen molar-refractivity contribution >= 4 is 23.1 Å². The highest BCUT2D eigenvalue weighted by molar-refractivity contribution is 5.89. The lowest BCUT2D eigenvalue weighted by molar-refractivity contribution is 0.251. The van der Waals surface area contributed by atoms with Gasteiger partial charge in [-0.05, 0) is 66.4 Å². The van der Waals surface area contributed by atoms with Crippen LogP contribution in [0, 0.1) is 0 Å². The van der Waals surface area contributed by atoms with Gasteiger partial charge in [0.25, 0.3) is 0 Å². The van der Waals surface area contributed by atoms with Gasteiger partial charge in [-0.25, -0.2) is 4.79 Å². The summed E-state index contributed by atoms with van der Waals surface area (Å²) in [6.07, 6.45) is 3.15. The predicted molar refractivity (Wildman–Crippen MR) is 145 cm³/mol. The number of nitrogens with zero attached hydrogens (tertiary/aromatic N) is 2. The third-order valence-electron chi connectivity index (χ3n) is 6.43. The molecule has 0 saturated carbocycles. The molecule has 6 heteroatoms. The van der Waals surface area contributed by atoms with E-state index in [-0.39, 0.29) is 12.1 Å². The van der Waals surface area contributed by atoms with Gasteiger partial charge in [0.1, 0.15) is 5.75 Å². The van der Waals surface area contributed by atoms with Gasteiger partial charge in [-0.2, -0.15) is 0 Å². The van der Waals surface area contributed by atoms with Gasteiger partial charge < -0.3 is 25.2 Å². The number of fused-ring (bicyclic) bond motifs is 1. The first kappa shape index (κ1) is 24.5. The number of carbonyl (C=O) groups is 1. The average Bonchev–Trinajstić information content (AvgIpc) is 3.30. The molecule has 0 aliphatic carbocycles. The van der Waals surface area contributed by atoms with Crippen molar-refractivity contribution < 1.29 is 9.53 Å². The van der Waals surface area contributed by atoms with Crippen LogP contribution in [0.5, 0.6) is 5.75 Å². The zero-order valence-corrected chi connectivity index (χ0v) is 21.0. The summed E-state index contributed by atoms with van der Waals surface area (Å²) in [6.45, 7) is 4.28. The number of benzene rings is 3. The van der Waals surface area contributed by atoms with Gasteiger partial charge in [-0.1, -0.05) is 43.7 Å². The van der Waals surface area contributed by atoms with Crippen molar-refractivity contribution in [1.29, 1.82) is 0 Å². The smallest absolute Gasteiger partial charge is 0.319 e. The van der Waals surface area contributed by atoms with E-state index < -0.39 is 0 Å². The molecule has 3 aromatic carbocycles. The van der Waals surface area contributed by atoms with Crippen LogP contribution in [-0.4, -0.2) is 39.8 Å². The highest BCUT2D eigenvalue weighted by Crippen LogP contribution is 2.35. The van der Waals surface area contributed by atoms with E-state index in [1.807, 2.05) is 38.4 Å². The molecule has 184 valence electrons. The van der Waals surface area contributed by atoms with Crippen LogP contribution in [0.15, 0.2) is 72.8 Å². The van der Waals surface area contributed by atoms with Crippen LogP contribution in [0.2, 0.25) is 0 Å². The molecule has 0 saturated heterocycles.